The summed E-state index contributed by atoms with van der Waals surface area (Å²) in [5, 5.41) is 4.24. The molecule has 1 saturated heterocycles. The number of carbonyl (C=O) groups is 3. The van der Waals surface area contributed by atoms with Gasteiger partial charge in [-0.15, -0.1) is 11.3 Å². The molecule has 2 aromatic rings. The topological polar surface area (TPSA) is 79.4 Å². The van der Waals surface area contributed by atoms with Gasteiger partial charge >= 0.3 is 0 Å². The van der Waals surface area contributed by atoms with Crippen LogP contribution in [0, 0.1) is 11.8 Å². The highest BCUT2D eigenvalue weighted by Gasteiger charge is 2.31. The van der Waals surface area contributed by atoms with Gasteiger partial charge in [0.1, 0.15) is 5.78 Å². The molecule has 0 radical (unpaired) electrons. The summed E-state index contributed by atoms with van der Waals surface area (Å²) in [6.45, 7) is 13.2. The Morgan fingerprint density at radius 2 is 1.83 bits per heavy atom. The predicted molar refractivity (Wildman–Crippen MR) is 168 cm³/mol. The Hall–Kier alpha value is -2.38. The summed E-state index contributed by atoms with van der Waals surface area (Å²) in [7, 11) is 0. The molecule has 1 aliphatic heterocycles. The van der Waals surface area contributed by atoms with Crippen molar-refractivity contribution in [2.24, 2.45) is 11.8 Å². The number of nitrogens with one attached hydrogen (secondary N) is 1. The van der Waals surface area contributed by atoms with Crippen molar-refractivity contribution in [2.45, 2.75) is 110 Å². The van der Waals surface area contributed by atoms with Crippen LogP contribution in [-0.2, 0) is 20.8 Å². The second kappa shape index (κ2) is 15.2. The predicted octanol–water partition coefficient (Wildman–Crippen LogP) is 7.01. The highest BCUT2D eigenvalue weighted by Crippen LogP contribution is 2.32. The van der Waals surface area contributed by atoms with Crippen molar-refractivity contribution in [3.63, 3.8) is 0 Å². The summed E-state index contributed by atoms with van der Waals surface area (Å²) in [5.41, 5.74) is 2.91. The lowest BCUT2D eigenvalue weighted by atomic mass is 9.90. The third-order valence-corrected chi connectivity index (χ3v) is 9.95. The Kier molecular flexibility index (Phi) is 11.7. The SMILES string of the molecule is C=C(CN1CCCC1)C(=O)CC[C@@H](NC(=O)[C@@H](CC(=O)CCC)Cc1nc2ccc(C(C)C)cc2s1)C1CCCC1. The monoisotopic (exact) mass is 579 g/mol. The Morgan fingerprint density at radius 3 is 2.51 bits per heavy atom. The molecular formula is C34H49N3O3S. The zero-order chi connectivity index (χ0) is 29.4. The fourth-order valence-electron chi connectivity index (χ4n) is 6.41. The number of rotatable bonds is 16. The largest absolute Gasteiger partial charge is 0.353 e. The summed E-state index contributed by atoms with van der Waals surface area (Å²) < 4.78 is 1.13. The molecule has 0 unspecified atom stereocenters. The van der Waals surface area contributed by atoms with Crippen LogP contribution < -0.4 is 5.32 Å². The molecule has 2 aliphatic rings. The number of fused-ring (bicyclic) bond motifs is 1. The summed E-state index contributed by atoms with van der Waals surface area (Å²) in [4.78, 5) is 46.7. The van der Waals surface area contributed by atoms with E-state index in [4.69, 9.17) is 4.98 Å². The molecule has 4 rings (SSSR count). The van der Waals surface area contributed by atoms with Crippen molar-refractivity contribution in [1.29, 1.82) is 0 Å². The number of carbonyl (C=O) groups excluding carboxylic acids is 3. The maximum Gasteiger partial charge on any atom is 0.224 e. The van der Waals surface area contributed by atoms with Crippen LogP contribution in [0.25, 0.3) is 10.2 Å². The van der Waals surface area contributed by atoms with Gasteiger partial charge < -0.3 is 5.32 Å². The first-order valence-electron chi connectivity index (χ1n) is 15.9. The number of nitrogens with zero attached hydrogens (tertiary/aromatic N) is 2. The number of amides is 1. The minimum Gasteiger partial charge on any atom is -0.353 e. The number of benzene rings is 1. The molecule has 1 aromatic carbocycles. The molecule has 41 heavy (non-hydrogen) atoms. The summed E-state index contributed by atoms with van der Waals surface area (Å²) >= 11 is 1.63. The van der Waals surface area contributed by atoms with Crippen molar-refractivity contribution in [1.82, 2.24) is 15.2 Å². The van der Waals surface area contributed by atoms with E-state index < -0.39 is 5.92 Å². The van der Waals surface area contributed by atoms with E-state index in [2.05, 4.69) is 48.8 Å². The number of hydrogen-bond donors (Lipinski definition) is 1. The number of likely N-dealkylation sites (tertiary alicyclic amines) is 1. The third kappa shape index (κ3) is 9.05. The Labute approximate surface area is 250 Å². The van der Waals surface area contributed by atoms with Crippen LogP contribution >= 0.6 is 11.3 Å². The average Bonchev–Trinajstić information content (AvgIpc) is 3.72. The van der Waals surface area contributed by atoms with E-state index in [0.29, 0.717) is 49.6 Å². The maximum absolute atomic E-state index is 13.8. The van der Waals surface area contributed by atoms with Gasteiger partial charge in [-0.05, 0) is 81.1 Å². The molecule has 2 fully saturated rings. The van der Waals surface area contributed by atoms with Crippen LogP contribution in [0.1, 0.15) is 108 Å². The zero-order valence-corrected chi connectivity index (χ0v) is 26.2. The van der Waals surface area contributed by atoms with Crippen LogP contribution in [0.2, 0.25) is 0 Å². The molecule has 1 saturated carbocycles. The minimum absolute atomic E-state index is 0.0544. The number of hydrogen-bond acceptors (Lipinski definition) is 6. The van der Waals surface area contributed by atoms with Gasteiger partial charge in [-0.1, -0.05) is 46.3 Å². The van der Waals surface area contributed by atoms with Crippen LogP contribution in [0.3, 0.4) is 0 Å². The summed E-state index contributed by atoms with van der Waals surface area (Å²) in [5.74, 6) is 0.524. The van der Waals surface area contributed by atoms with Gasteiger partial charge in [-0.3, -0.25) is 19.3 Å². The minimum atomic E-state index is -0.455. The van der Waals surface area contributed by atoms with E-state index in [9.17, 15) is 14.4 Å². The number of thiazole rings is 1. The van der Waals surface area contributed by atoms with E-state index in [1.165, 1.54) is 18.4 Å². The van der Waals surface area contributed by atoms with E-state index in [0.717, 1.165) is 60.4 Å². The molecule has 6 nitrogen and oxygen atoms in total. The second-order valence-electron chi connectivity index (χ2n) is 12.6. The lowest BCUT2D eigenvalue weighted by Crippen LogP contribution is -2.44. The molecular weight excluding hydrogens is 530 g/mol. The molecule has 2 atom stereocenters. The molecule has 1 aliphatic carbocycles. The fraction of sp³-hybridized carbons (Fsp3) is 0.647. The fourth-order valence-corrected chi connectivity index (χ4v) is 7.50. The maximum atomic E-state index is 13.8. The van der Waals surface area contributed by atoms with Crippen molar-refractivity contribution < 1.29 is 14.4 Å². The van der Waals surface area contributed by atoms with E-state index in [-0.39, 0.29) is 29.9 Å². The van der Waals surface area contributed by atoms with Crippen LogP contribution in [0.15, 0.2) is 30.4 Å². The smallest absolute Gasteiger partial charge is 0.224 e. The van der Waals surface area contributed by atoms with Gasteiger partial charge in [0.05, 0.1) is 21.1 Å². The van der Waals surface area contributed by atoms with E-state index >= 15 is 0 Å². The van der Waals surface area contributed by atoms with Crippen LogP contribution in [0.4, 0.5) is 0 Å². The van der Waals surface area contributed by atoms with Crippen molar-refractivity contribution in [2.75, 3.05) is 19.6 Å². The molecule has 1 N–H and O–H groups in total. The molecule has 224 valence electrons. The quantitative estimate of drug-likeness (QED) is 0.216. The van der Waals surface area contributed by atoms with Gasteiger partial charge in [-0.2, -0.15) is 0 Å². The van der Waals surface area contributed by atoms with Gasteiger partial charge in [-0.25, -0.2) is 4.98 Å². The lowest BCUT2D eigenvalue weighted by molar-refractivity contribution is -0.130. The molecule has 0 bridgehead atoms. The molecule has 7 heteroatoms. The van der Waals surface area contributed by atoms with E-state index in [1.54, 1.807) is 11.3 Å². The van der Waals surface area contributed by atoms with Gasteiger partial charge in [0, 0.05) is 43.8 Å². The Balaban J connectivity index is 1.44. The highest BCUT2D eigenvalue weighted by molar-refractivity contribution is 7.18. The van der Waals surface area contributed by atoms with Gasteiger partial charge in [0.2, 0.25) is 5.91 Å². The summed E-state index contributed by atoms with van der Waals surface area (Å²) in [6.07, 6.45) is 9.84. The number of ketones is 2. The zero-order valence-electron chi connectivity index (χ0n) is 25.4. The third-order valence-electron chi connectivity index (χ3n) is 8.90. The van der Waals surface area contributed by atoms with Gasteiger partial charge in [0.15, 0.2) is 5.78 Å². The lowest BCUT2D eigenvalue weighted by Gasteiger charge is -2.27. The second-order valence-corrected chi connectivity index (χ2v) is 13.7. The van der Waals surface area contributed by atoms with E-state index in [1.807, 2.05) is 6.92 Å². The normalized spacial score (nSPS) is 17.8. The summed E-state index contributed by atoms with van der Waals surface area (Å²) in [6, 6.07) is 6.33. The Bertz CT molecular complexity index is 1210. The number of Topliss-reactive ketones (excluding diaryl/α,β-unsaturated/α-hetero) is 2. The first-order valence-corrected chi connectivity index (χ1v) is 16.7. The molecule has 2 heterocycles. The Morgan fingerprint density at radius 1 is 1.10 bits per heavy atom. The average molecular weight is 580 g/mol. The van der Waals surface area contributed by atoms with Crippen molar-refractivity contribution in [3.05, 3.63) is 40.9 Å². The number of aromatic nitrogens is 1. The first-order chi connectivity index (χ1) is 19.7. The highest BCUT2D eigenvalue weighted by atomic mass is 32.1. The van der Waals surface area contributed by atoms with Gasteiger partial charge in [0.25, 0.3) is 0 Å². The molecule has 1 aromatic heterocycles. The van der Waals surface area contributed by atoms with Crippen LogP contribution in [-0.4, -0.2) is 53.0 Å². The molecule has 1 amide bonds. The van der Waals surface area contributed by atoms with Crippen molar-refractivity contribution >= 4 is 39.0 Å². The van der Waals surface area contributed by atoms with Crippen molar-refractivity contribution in [3.8, 4) is 0 Å². The van der Waals surface area contributed by atoms with Crippen LogP contribution in [0.5, 0.6) is 0 Å². The standard InChI is InChI=1S/C34H49N3O3S/c1-5-10-28(38)19-27(21-33-35-30-14-13-26(23(2)3)20-32(30)41-33)34(40)36-29(25-11-6-7-12-25)15-16-31(39)24(4)22-37-17-8-9-18-37/h13-14,20,23,25,27,29H,4-12,15-19,21-22H2,1-3H3,(H,36,40)/t27-,29+/m0/s1. The first kappa shape index (κ1) is 31.6. The molecule has 0 spiro atoms.